The molecule has 0 atom stereocenters. The van der Waals surface area contributed by atoms with Crippen molar-refractivity contribution in [1.29, 1.82) is 0 Å². The van der Waals surface area contributed by atoms with Crippen LogP contribution in [-0.4, -0.2) is 19.7 Å². The van der Waals surface area contributed by atoms with Crippen molar-refractivity contribution in [2.24, 2.45) is 0 Å². The van der Waals surface area contributed by atoms with E-state index in [0.29, 0.717) is 28.2 Å². The second kappa shape index (κ2) is 5.20. The molecule has 4 aromatic rings. The van der Waals surface area contributed by atoms with Crippen molar-refractivity contribution in [3.63, 3.8) is 0 Å². The fourth-order valence-electron chi connectivity index (χ4n) is 2.36. The summed E-state index contributed by atoms with van der Waals surface area (Å²) in [5, 5.41) is 4.47. The third kappa shape index (κ3) is 2.42. The summed E-state index contributed by atoms with van der Waals surface area (Å²) in [5.74, 6) is 0.753. The molecule has 0 aliphatic heterocycles. The lowest BCUT2D eigenvalue weighted by Gasteiger charge is -2.04. The van der Waals surface area contributed by atoms with E-state index in [2.05, 4.69) is 15.1 Å². The third-order valence-corrected chi connectivity index (χ3v) is 3.53. The number of benzene rings is 1. The summed E-state index contributed by atoms with van der Waals surface area (Å²) in [7, 11) is 0. The minimum absolute atomic E-state index is 0.131. The van der Waals surface area contributed by atoms with Gasteiger partial charge >= 0.3 is 0 Å². The highest BCUT2D eigenvalue weighted by Gasteiger charge is 2.12. The lowest BCUT2D eigenvalue weighted by atomic mass is 10.2. The molecule has 7 nitrogen and oxygen atoms in total. The van der Waals surface area contributed by atoms with Crippen molar-refractivity contribution in [3.05, 3.63) is 64.9 Å². The van der Waals surface area contributed by atoms with Crippen LogP contribution in [0.25, 0.3) is 22.4 Å². The van der Waals surface area contributed by atoms with Crippen molar-refractivity contribution in [3.8, 4) is 11.5 Å². The van der Waals surface area contributed by atoms with Gasteiger partial charge in [-0.2, -0.15) is 4.98 Å². The molecular formula is C16H12N4O3. The molecule has 3 aromatic heterocycles. The molecule has 0 fully saturated rings. The van der Waals surface area contributed by atoms with Gasteiger partial charge < -0.3 is 8.94 Å². The topological polar surface area (TPSA) is 86.9 Å². The van der Waals surface area contributed by atoms with E-state index in [1.54, 1.807) is 6.07 Å². The van der Waals surface area contributed by atoms with Crippen LogP contribution in [0.15, 0.2) is 56.9 Å². The number of aromatic nitrogens is 4. The lowest BCUT2D eigenvalue weighted by molar-refractivity contribution is 0.419. The predicted molar refractivity (Wildman–Crippen MR) is 81.8 cm³/mol. The quantitative estimate of drug-likeness (QED) is 0.577. The number of aryl methyl sites for hydroxylation is 1. The van der Waals surface area contributed by atoms with E-state index in [1.165, 1.54) is 23.4 Å². The SMILES string of the molecule is Cc1ccc2ncn(Cc3noc(-c4ccoc4)n3)c(=O)c2c1. The average Bonchev–Trinajstić information content (AvgIpc) is 3.22. The number of rotatable bonds is 3. The van der Waals surface area contributed by atoms with Gasteiger partial charge in [-0.25, -0.2) is 4.98 Å². The number of hydrogen-bond acceptors (Lipinski definition) is 6. The van der Waals surface area contributed by atoms with Crippen molar-refractivity contribution >= 4 is 10.9 Å². The standard InChI is InChI=1S/C16H12N4O3/c1-10-2-3-13-12(6-10)16(21)20(9-17-13)7-14-18-15(23-19-14)11-4-5-22-8-11/h2-6,8-9H,7H2,1H3. The Balaban J connectivity index is 1.70. The van der Waals surface area contributed by atoms with Gasteiger partial charge in [0.15, 0.2) is 5.82 Å². The molecule has 3 heterocycles. The molecular weight excluding hydrogens is 296 g/mol. The highest BCUT2D eigenvalue weighted by atomic mass is 16.5. The Morgan fingerprint density at radius 3 is 3.00 bits per heavy atom. The predicted octanol–water partition coefficient (Wildman–Crippen LogP) is 2.40. The molecule has 23 heavy (non-hydrogen) atoms. The Morgan fingerprint density at radius 1 is 1.26 bits per heavy atom. The first kappa shape index (κ1) is 13.4. The van der Waals surface area contributed by atoms with Gasteiger partial charge in [0.05, 0.1) is 35.6 Å². The smallest absolute Gasteiger partial charge is 0.261 e. The van der Waals surface area contributed by atoms with Crippen molar-refractivity contribution < 1.29 is 8.94 Å². The normalized spacial score (nSPS) is 11.2. The first-order valence-corrected chi connectivity index (χ1v) is 7.02. The van der Waals surface area contributed by atoms with Gasteiger partial charge in [-0.05, 0) is 25.1 Å². The Labute approximate surface area is 130 Å². The van der Waals surface area contributed by atoms with Gasteiger partial charge in [-0.15, -0.1) is 0 Å². The summed E-state index contributed by atoms with van der Waals surface area (Å²) in [6.45, 7) is 2.13. The molecule has 7 heteroatoms. The number of hydrogen-bond donors (Lipinski definition) is 0. The fourth-order valence-corrected chi connectivity index (χ4v) is 2.36. The maximum Gasteiger partial charge on any atom is 0.261 e. The zero-order valence-electron chi connectivity index (χ0n) is 12.3. The van der Waals surface area contributed by atoms with Crippen LogP contribution in [0.3, 0.4) is 0 Å². The third-order valence-electron chi connectivity index (χ3n) is 3.53. The zero-order valence-corrected chi connectivity index (χ0v) is 12.3. The van der Waals surface area contributed by atoms with Crippen LogP contribution >= 0.6 is 0 Å². The zero-order chi connectivity index (χ0) is 15.8. The molecule has 0 amide bonds. The summed E-state index contributed by atoms with van der Waals surface area (Å²) in [5.41, 5.74) is 2.25. The highest BCUT2D eigenvalue weighted by molar-refractivity contribution is 5.77. The number of fused-ring (bicyclic) bond motifs is 1. The Morgan fingerprint density at radius 2 is 2.17 bits per heavy atom. The average molecular weight is 308 g/mol. The van der Waals surface area contributed by atoms with Crippen LogP contribution in [0.2, 0.25) is 0 Å². The molecule has 0 bridgehead atoms. The van der Waals surface area contributed by atoms with E-state index in [9.17, 15) is 4.79 Å². The first-order valence-electron chi connectivity index (χ1n) is 7.02. The number of furan rings is 1. The van der Waals surface area contributed by atoms with E-state index in [0.717, 1.165) is 5.56 Å². The molecule has 4 rings (SSSR count). The van der Waals surface area contributed by atoms with Crippen LogP contribution in [-0.2, 0) is 6.54 Å². The van der Waals surface area contributed by atoms with Crippen LogP contribution < -0.4 is 5.56 Å². The maximum absolute atomic E-state index is 12.5. The van der Waals surface area contributed by atoms with Crippen molar-refractivity contribution in [1.82, 2.24) is 19.7 Å². The van der Waals surface area contributed by atoms with Gasteiger partial charge in [-0.3, -0.25) is 9.36 Å². The van der Waals surface area contributed by atoms with Crippen molar-refractivity contribution in [2.45, 2.75) is 13.5 Å². The molecule has 0 saturated heterocycles. The lowest BCUT2D eigenvalue weighted by Crippen LogP contribution is -2.21. The van der Waals surface area contributed by atoms with Crippen LogP contribution in [0, 0.1) is 6.92 Å². The Hall–Kier alpha value is -3.22. The summed E-state index contributed by atoms with van der Waals surface area (Å²) in [6, 6.07) is 7.31. The molecule has 0 aliphatic carbocycles. The van der Waals surface area contributed by atoms with Gasteiger partial charge in [0.2, 0.25) is 0 Å². The van der Waals surface area contributed by atoms with Gasteiger partial charge in [0.1, 0.15) is 6.26 Å². The number of nitrogens with zero attached hydrogens (tertiary/aromatic N) is 4. The monoisotopic (exact) mass is 308 g/mol. The fraction of sp³-hybridized carbons (Fsp3) is 0.125. The Kier molecular flexibility index (Phi) is 3.04. The van der Waals surface area contributed by atoms with Crippen LogP contribution in [0.4, 0.5) is 0 Å². The second-order valence-corrected chi connectivity index (χ2v) is 5.23. The molecule has 114 valence electrons. The van der Waals surface area contributed by atoms with Crippen LogP contribution in [0.5, 0.6) is 0 Å². The highest BCUT2D eigenvalue weighted by Crippen LogP contribution is 2.17. The van der Waals surface area contributed by atoms with E-state index in [1.807, 2.05) is 25.1 Å². The second-order valence-electron chi connectivity index (χ2n) is 5.23. The van der Waals surface area contributed by atoms with Gasteiger partial charge in [0, 0.05) is 0 Å². The van der Waals surface area contributed by atoms with E-state index in [-0.39, 0.29) is 12.1 Å². The molecule has 0 N–H and O–H groups in total. The first-order chi connectivity index (χ1) is 11.2. The molecule has 0 radical (unpaired) electrons. The molecule has 0 unspecified atom stereocenters. The molecule has 0 spiro atoms. The maximum atomic E-state index is 12.5. The minimum atomic E-state index is -0.131. The van der Waals surface area contributed by atoms with E-state index < -0.39 is 0 Å². The Bertz CT molecular complexity index is 1030. The molecule has 0 saturated carbocycles. The van der Waals surface area contributed by atoms with Gasteiger partial charge in [-0.1, -0.05) is 16.8 Å². The van der Waals surface area contributed by atoms with Gasteiger partial charge in [0.25, 0.3) is 11.4 Å². The van der Waals surface area contributed by atoms with E-state index in [4.69, 9.17) is 8.94 Å². The van der Waals surface area contributed by atoms with Crippen LogP contribution in [0.1, 0.15) is 11.4 Å². The summed E-state index contributed by atoms with van der Waals surface area (Å²) in [4.78, 5) is 21.1. The minimum Gasteiger partial charge on any atom is -0.472 e. The molecule has 1 aromatic carbocycles. The van der Waals surface area contributed by atoms with Crippen molar-refractivity contribution in [2.75, 3.05) is 0 Å². The molecule has 0 aliphatic rings. The largest absolute Gasteiger partial charge is 0.472 e. The summed E-state index contributed by atoms with van der Waals surface area (Å²) in [6.07, 6.45) is 4.54. The summed E-state index contributed by atoms with van der Waals surface area (Å²) < 4.78 is 11.6. The summed E-state index contributed by atoms with van der Waals surface area (Å²) >= 11 is 0. The van der Waals surface area contributed by atoms with E-state index >= 15 is 0 Å².